The summed E-state index contributed by atoms with van der Waals surface area (Å²) in [4.78, 5) is 17.8. The van der Waals surface area contributed by atoms with Crippen LogP contribution in [-0.2, 0) is 6.54 Å². The van der Waals surface area contributed by atoms with E-state index in [2.05, 4.69) is 22.1 Å². The highest BCUT2D eigenvalue weighted by Crippen LogP contribution is 2.15. The molecule has 0 saturated carbocycles. The molecule has 0 aromatic carbocycles. The lowest BCUT2D eigenvalue weighted by Gasteiger charge is -2.01. The molecule has 1 amide bonds. The van der Waals surface area contributed by atoms with Crippen LogP contribution in [-0.4, -0.2) is 22.6 Å². The van der Waals surface area contributed by atoms with E-state index < -0.39 is 0 Å². The molecule has 0 saturated heterocycles. The smallest absolute Gasteiger partial charge is 0.270 e. The van der Waals surface area contributed by atoms with Gasteiger partial charge in [-0.05, 0) is 24.3 Å². The predicted molar refractivity (Wildman–Crippen MR) is 78.3 cm³/mol. The average Bonchev–Trinajstić information content (AvgIpc) is 2.94. The quantitative estimate of drug-likeness (QED) is 0.843. The van der Waals surface area contributed by atoms with Gasteiger partial charge in [0.2, 0.25) is 0 Å². The molecule has 2 rings (SSSR count). The number of rotatable bonds is 4. The van der Waals surface area contributed by atoms with E-state index in [1.165, 1.54) is 11.3 Å². The van der Waals surface area contributed by atoms with Crippen molar-refractivity contribution >= 4 is 17.2 Å². The van der Waals surface area contributed by atoms with E-state index >= 15 is 0 Å². The maximum atomic E-state index is 11.8. The van der Waals surface area contributed by atoms with Crippen LogP contribution in [0.4, 0.5) is 0 Å². The van der Waals surface area contributed by atoms with Crippen LogP contribution < -0.4 is 5.32 Å². The Labute approximate surface area is 121 Å². The van der Waals surface area contributed by atoms with Gasteiger partial charge >= 0.3 is 0 Å². The number of amides is 1. The molecule has 0 radical (unpaired) electrons. The molecule has 4 nitrogen and oxygen atoms in total. The second-order valence-corrected chi connectivity index (χ2v) is 5.11. The Morgan fingerprint density at radius 2 is 2.25 bits per heavy atom. The molecule has 102 valence electrons. The molecule has 2 aromatic rings. The van der Waals surface area contributed by atoms with Crippen molar-refractivity contribution in [1.29, 1.82) is 0 Å². The Morgan fingerprint density at radius 1 is 1.35 bits per heavy atom. The van der Waals surface area contributed by atoms with Crippen molar-refractivity contribution in [3.8, 4) is 11.8 Å². The second-order valence-electron chi connectivity index (χ2n) is 3.94. The summed E-state index contributed by atoms with van der Waals surface area (Å²) in [5.41, 5.74) is 0.409. The summed E-state index contributed by atoms with van der Waals surface area (Å²) in [6.45, 7) is 0.535. The van der Waals surface area contributed by atoms with Crippen LogP contribution in [0.3, 0.4) is 0 Å². The number of hydrogen-bond donors (Lipinski definition) is 2. The van der Waals surface area contributed by atoms with Gasteiger partial charge in [0, 0.05) is 17.5 Å². The van der Waals surface area contributed by atoms with Gasteiger partial charge in [0.1, 0.15) is 5.69 Å². The van der Waals surface area contributed by atoms with Crippen molar-refractivity contribution in [2.45, 2.75) is 13.0 Å². The first-order valence-corrected chi connectivity index (χ1v) is 6.99. The molecule has 0 aliphatic carbocycles. The van der Waals surface area contributed by atoms with Crippen LogP contribution in [0, 0.1) is 11.8 Å². The summed E-state index contributed by atoms with van der Waals surface area (Å²) in [5.74, 6) is 5.65. The molecule has 2 heterocycles. The Bertz CT molecular complexity index is 626. The Morgan fingerprint density at radius 3 is 3.00 bits per heavy atom. The molecule has 5 heteroatoms. The van der Waals surface area contributed by atoms with E-state index in [0.717, 1.165) is 9.75 Å². The minimum absolute atomic E-state index is 0.0748. The summed E-state index contributed by atoms with van der Waals surface area (Å²) in [6, 6.07) is 9.08. The van der Waals surface area contributed by atoms with Crippen molar-refractivity contribution in [2.24, 2.45) is 0 Å². The average molecular weight is 286 g/mol. The fourth-order valence-electron chi connectivity index (χ4n) is 1.50. The number of pyridine rings is 1. The summed E-state index contributed by atoms with van der Waals surface area (Å²) < 4.78 is 0. The zero-order valence-electron chi connectivity index (χ0n) is 10.8. The maximum Gasteiger partial charge on any atom is 0.270 e. The molecule has 0 aliphatic heterocycles. The number of aromatic nitrogens is 1. The first kappa shape index (κ1) is 14.3. The van der Waals surface area contributed by atoms with Crippen molar-refractivity contribution in [3.05, 3.63) is 52.0 Å². The van der Waals surface area contributed by atoms with Crippen LogP contribution in [0.15, 0.2) is 36.5 Å². The number of thiophene rings is 1. The molecule has 0 aliphatic rings. The number of aliphatic hydroxyl groups is 1. The molecular weight excluding hydrogens is 272 g/mol. The molecule has 2 N–H and O–H groups in total. The van der Waals surface area contributed by atoms with Gasteiger partial charge in [-0.1, -0.05) is 17.9 Å². The molecule has 0 spiro atoms. The summed E-state index contributed by atoms with van der Waals surface area (Å²) in [7, 11) is 0. The van der Waals surface area contributed by atoms with Gasteiger partial charge < -0.3 is 10.4 Å². The number of hydrogen-bond acceptors (Lipinski definition) is 4. The summed E-state index contributed by atoms with van der Waals surface area (Å²) >= 11 is 1.53. The van der Waals surface area contributed by atoms with Crippen molar-refractivity contribution in [3.63, 3.8) is 0 Å². The SMILES string of the molecule is O=C(NCc1ccc(C#CCCO)s1)c1ccccn1. The van der Waals surface area contributed by atoms with E-state index in [1.807, 2.05) is 12.1 Å². The van der Waals surface area contributed by atoms with Crippen LogP contribution in [0.1, 0.15) is 26.7 Å². The van der Waals surface area contributed by atoms with Crippen LogP contribution in [0.2, 0.25) is 0 Å². The van der Waals surface area contributed by atoms with Crippen LogP contribution in [0.5, 0.6) is 0 Å². The highest BCUT2D eigenvalue weighted by Gasteiger charge is 2.06. The van der Waals surface area contributed by atoms with E-state index in [-0.39, 0.29) is 12.5 Å². The Hall–Kier alpha value is -2.16. The number of aliphatic hydroxyl groups excluding tert-OH is 1. The summed E-state index contributed by atoms with van der Waals surface area (Å²) in [5, 5.41) is 11.5. The van der Waals surface area contributed by atoms with Gasteiger partial charge in [0.05, 0.1) is 18.0 Å². The highest BCUT2D eigenvalue weighted by molar-refractivity contribution is 7.12. The minimum atomic E-state index is -0.188. The predicted octanol–water partition coefficient (Wildman–Crippen LogP) is 1.81. The number of nitrogens with one attached hydrogen (secondary N) is 1. The molecule has 0 unspecified atom stereocenters. The lowest BCUT2D eigenvalue weighted by Crippen LogP contribution is -2.23. The van der Waals surface area contributed by atoms with Crippen molar-refractivity contribution < 1.29 is 9.90 Å². The molecular formula is C15H14N2O2S. The molecule has 20 heavy (non-hydrogen) atoms. The zero-order chi connectivity index (χ0) is 14.2. The second kappa shape index (κ2) is 7.43. The van der Waals surface area contributed by atoms with Gasteiger partial charge in [-0.25, -0.2) is 0 Å². The Balaban J connectivity index is 1.89. The maximum absolute atomic E-state index is 11.8. The van der Waals surface area contributed by atoms with Crippen molar-refractivity contribution in [1.82, 2.24) is 10.3 Å². The third-order valence-electron chi connectivity index (χ3n) is 2.43. The highest BCUT2D eigenvalue weighted by atomic mass is 32.1. The number of carbonyl (C=O) groups is 1. The first-order chi connectivity index (χ1) is 9.79. The van der Waals surface area contributed by atoms with Gasteiger partial charge in [-0.15, -0.1) is 11.3 Å². The fourth-order valence-corrected chi connectivity index (χ4v) is 2.32. The monoisotopic (exact) mass is 286 g/mol. The van der Waals surface area contributed by atoms with Crippen LogP contribution in [0.25, 0.3) is 0 Å². The zero-order valence-corrected chi connectivity index (χ0v) is 11.6. The van der Waals surface area contributed by atoms with Gasteiger partial charge in [-0.3, -0.25) is 9.78 Å². The van der Waals surface area contributed by atoms with Crippen molar-refractivity contribution in [2.75, 3.05) is 6.61 Å². The minimum Gasteiger partial charge on any atom is -0.395 e. The first-order valence-electron chi connectivity index (χ1n) is 6.17. The van der Waals surface area contributed by atoms with E-state index in [9.17, 15) is 4.79 Å². The van der Waals surface area contributed by atoms with Crippen LogP contribution >= 0.6 is 11.3 Å². The molecule has 0 atom stereocenters. The lowest BCUT2D eigenvalue weighted by atomic mass is 10.3. The fraction of sp³-hybridized carbons (Fsp3) is 0.200. The number of nitrogens with zero attached hydrogens (tertiary/aromatic N) is 1. The topological polar surface area (TPSA) is 62.2 Å². The van der Waals surface area contributed by atoms with Gasteiger partial charge in [0.15, 0.2) is 0 Å². The van der Waals surface area contributed by atoms with Gasteiger partial charge in [0.25, 0.3) is 5.91 Å². The molecule has 0 bridgehead atoms. The third kappa shape index (κ3) is 4.19. The summed E-state index contributed by atoms with van der Waals surface area (Å²) in [6.07, 6.45) is 2.07. The molecule has 2 aromatic heterocycles. The lowest BCUT2D eigenvalue weighted by molar-refractivity contribution is 0.0946. The van der Waals surface area contributed by atoms with E-state index in [4.69, 9.17) is 5.11 Å². The molecule has 0 fully saturated rings. The number of carbonyl (C=O) groups excluding carboxylic acids is 1. The largest absolute Gasteiger partial charge is 0.395 e. The van der Waals surface area contributed by atoms with E-state index in [1.54, 1.807) is 24.4 Å². The standard InChI is InChI=1S/C15H14N2O2S/c18-10-4-2-5-12-7-8-13(20-12)11-17-15(19)14-6-1-3-9-16-14/h1,3,6-9,18H,4,10-11H2,(H,17,19). The third-order valence-corrected chi connectivity index (χ3v) is 3.43. The van der Waals surface area contributed by atoms with Gasteiger partial charge in [-0.2, -0.15) is 0 Å². The van der Waals surface area contributed by atoms with E-state index in [0.29, 0.717) is 18.7 Å². The normalized spacial score (nSPS) is 9.65. The Kier molecular flexibility index (Phi) is 5.30.